The van der Waals surface area contributed by atoms with Crippen molar-refractivity contribution < 1.29 is 46.1 Å². The summed E-state index contributed by atoms with van der Waals surface area (Å²) < 4.78 is 81.2. The second kappa shape index (κ2) is 6.43. The highest BCUT2D eigenvalue weighted by molar-refractivity contribution is 5.93. The zero-order valence-corrected chi connectivity index (χ0v) is 14.5. The summed E-state index contributed by atoms with van der Waals surface area (Å²) in [6, 6.07) is 5.36. The number of alkyl halides is 5. The molecular weight excluding hydrogens is 379 g/mol. The van der Waals surface area contributed by atoms with Gasteiger partial charge in [-0.25, -0.2) is 26.7 Å². The number of carboxylic acids is 1. The molecule has 27 heavy (non-hydrogen) atoms. The van der Waals surface area contributed by atoms with E-state index in [4.69, 9.17) is 9.47 Å². The van der Waals surface area contributed by atoms with E-state index in [0.717, 1.165) is 38.1 Å². The third kappa shape index (κ3) is 2.95. The number of rotatable bonds is 6. The summed E-state index contributed by atoms with van der Waals surface area (Å²) in [5, 5.41) is 9.73. The van der Waals surface area contributed by atoms with E-state index in [2.05, 4.69) is 0 Å². The predicted molar refractivity (Wildman–Crippen MR) is 81.3 cm³/mol. The summed E-state index contributed by atoms with van der Waals surface area (Å²) in [6.07, 6.45) is -6.82. The number of carbonyl (C=O) groups is 2. The maximum atomic E-state index is 15.3. The lowest BCUT2D eigenvalue weighted by atomic mass is 9.66. The summed E-state index contributed by atoms with van der Waals surface area (Å²) in [5.41, 5.74) is -9.19. The molecule has 10 heteroatoms. The van der Waals surface area contributed by atoms with Crippen molar-refractivity contribution in [2.24, 2.45) is 0 Å². The highest BCUT2D eigenvalue weighted by Crippen LogP contribution is 2.55. The fourth-order valence-corrected chi connectivity index (χ4v) is 3.01. The molecule has 0 aromatic heterocycles. The summed E-state index contributed by atoms with van der Waals surface area (Å²) in [6.45, 7) is 2.16. The molecule has 1 saturated heterocycles. The molecule has 1 aliphatic heterocycles. The molecule has 2 rings (SSSR count). The van der Waals surface area contributed by atoms with Crippen molar-refractivity contribution in [3.8, 4) is 0 Å². The van der Waals surface area contributed by atoms with E-state index < -0.39 is 52.8 Å². The van der Waals surface area contributed by atoms with Crippen molar-refractivity contribution in [1.82, 2.24) is 0 Å². The van der Waals surface area contributed by atoms with Gasteiger partial charge in [-0.2, -0.15) is 0 Å². The molecule has 1 heterocycles. The first-order valence-corrected chi connectivity index (χ1v) is 7.76. The lowest BCUT2D eigenvalue weighted by Gasteiger charge is -2.44. The number of hydrogen-bond acceptors (Lipinski definition) is 4. The number of carbonyl (C=O) groups excluding carboxylic acids is 1. The lowest BCUT2D eigenvalue weighted by Crippen LogP contribution is -2.69. The predicted octanol–water partition coefficient (Wildman–Crippen LogP) is 3.32. The Balaban J connectivity index is 2.87. The van der Waals surface area contributed by atoms with E-state index in [-0.39, 0.29) is 6.92 Å². The zero-order valence-electron chi connectivity index (χ0n) is 14.5. The van der Waals surface area contributed by atoms with Crippen LogP contribution in [0.4, 0.5) is 22.0 Å². The van der Waals surface area contributed by atoms with Gasteiger partial charge >= 0.3 is 17.9 Å². The molecule has 5 nitrogen and oxygen atoms in total. The normalized spacial score (nSPS) is 24.2. The van der Waals surface area contributed by atoms with Crippen LogP contribution in [0.15, 0.2) is 30.3 Å². The van der Waals surface area contributed by atoms with Crippen LogP contribution in [0, 0.1) is 0 Å². The Bertz CT molecular complexity index is 734. The van der Waals surface area contributed by atoms with Gasteiger partial charge in [0.1, 0.15) is 0 Å². The Morgan fingerprint density at radius 2 is 1.70 bits per heavy atom. The first kappa shape index (κ1) is 21.1. The first-order valence-electron chi connectivity index (χ1n) is 7.76. The number of halogens is 5. The van der Waals surface area contributed by atoms with Crippen LogP contribution in [0.25, 0.3) is 0 Å². The van der Waals surface area contributed by atoms with E-state index in [1.165, 1.54) is 6.07 Å². The summed E-state index contributed by atoms with van der Waals surface area (Å²) in [4.78, 5) is 24.3. The van der Waals surface area contributed by atoms with Crippen LogP contribution in [0.2, 0.25) is 0 Å². The zero-order chi connectivity index (χ0) is 20.8. The third-order valence-electron chi connectivity index (χ3n) is 4.44. The number of benzene rings is 1. The quantitative estimate of drug-likeness (QED) is 0.590. The highest BCUT2D eigenvalue weighted by atomic mass is 19.3. The number of esters is 1. The minimum absolute atomic E-state index is 0.121. The van der Waals surface area contributed by atoms with E-state index in [1.54, 1.807) is 0 Å². The second-order valence-corrected chi connectivity index (χ2v) is 6.75. The van der Waals surface area contributed by atoms with Gasteiger partial charge in [-0.1, -0.05) is 30.3 Å². The van der Waals surface area contributed by atoms with Gasteiger partial charge in [-0.15, -0.1) is 0 Å². The molecule has 1 fully saturated rings. The smallest absolute Gasteiger partial charge is 0.339 e. The number of hydrogen-bond donors (Lipinski definition) is 1. The van der Waals surface area contributed by atoms with Crippen LogP contribution in [0.5, 0.6) is 0 Å². The maximum absolute atomic E-state index is 15.3. The average Bonchev–Trinajstić information content (AvgIpc) is 2.81. The molecule has 1 N–H and O–H groups in total. The van der Waals surface area contributed by atoms with Crippen LogP contribution in [-0.4, -0.2) is 47.0 Å². The molecular formula is C17H17F5O5. The van der Waals surface area contributed by atoms with Gasteiger partial charge in [0.05, 0.1) is 0 Å². The molecule has 0 amide bonds. The van der Waals surface area contributed by atoms with E-state index in [1.807, 2.05) is 0 Å². The Labute approximate surface area is 151 Å². The van der Waals surface area contributed by atoms with E-state index >= 15 is 8.78 Å². The van der Waals surface area contributed by atoms with Gasteiger partial charge < -0.3 is 14.6 Å². The van der Waals surface area contributed by atoms with Crippen molar-refractivity contribution in [3.05, 3.63) is 35.9 Å². The molecule has 1 aromatic rings. The molecule has 150 valence electrons. The maximum Gasteiger partial charge on any atom is 0.339 e. The third-order valence-corrected chi connectivity index (χ3v) is 4.44. The number of cyclic esters (lactones) is 1. The lowest BCUT2D eigenvalue weighted by molar-refractivity contribution is -0.252. The van der Waals surface area contributed by atoms with Crippen molar-refractivity contribution in [3.63, 3.8) is 0 Å². The van der Waals surface area contributed by atoms with Gasteiger partial charge in [0.25, 0.3) is 6.43 Å². The Morgan fingerprint density at radius 1 is 1.19 bits per heavy atom. The van der Waals surface area contributed by atoms with Gasteiger partial charge in [-0.05, 0) is 12.5 Å². The second-order valence-electron chi connectivity index (χ2n) is 6.75. The summed E-state index contributed by atoms with van der Waals surface area (Å²) in [7, 11) is 0. The summed E-state index contributed by atoms with van der Waals surface area (Å²) in [5.74, 6) is -11.0. The Morgan fingerprint density at radius 3 is 2.07 bits per heavy atom. The van der Waals surface area contributed by atoms with Gasteiger partial charge in [0, 0.05) is 13.8 Å². The van der Waals surface area contributed by atoms with Crippen molar-refractivity contribution in [2.45, 2.75) is 56.1 Å². The Kier molecular flexibility index (Phi) is 5.02. The minimum atomic E-state index is -5.27. The van der Waals surface area contributed by atoms with E-state index in [0.29, 0.717) is 0 Å². The molecule has 1 unspecified atom stereocenters. The molecule has 1 aromatic carbocycles. The Hall–Kier alpha value is -2.23. The van der Waals surface area contributed by atoms with Crippen molar-refractivity contribution in [1.29, 1.82) is 0 Å². The highest BCUT2D eigenvalue weighted by Gasteiger charge is 2.78. The fraction of sp³-hybridized carbons (Fsp3) is 0.529. The monoisotopic (exact) mass is 396 g/mol. The van der Waals surface area contributed by atoms with Crippen LogP contribution >= 0.6 is 0 Å². The minimum Gasteiger partial charge on any atom is -0.480 e. The van der Waals surface area contributed by atoms with Crippen LogP contribution in [0.1, 0.15) is 26.3 Å². The van der Waals surface area contributed by atoms with Gasteiger partial charge in [-0.3, -0.25) is 4.79 Å². The number of aliphatic carboxylic acids is 1. The first-order chi connectivity index (χ1) is 12.2. The fourth-order valence-electron chi connectivity index (χ4n) is 3.01. The van der Waals surface area contributed by atoms with Crippen LogP contribution in [0.3, 0.4) is 0 Å². The topological polar surface area (TPSA) is 72.8 Å². The molecule has 0 aliphatic carbocycles. The van der Waals surface area contributed by atoms with Crippen molar-refractivity contribution >= 4 is 11.9 Å². The molecule has 1 aliphatic rings. The molecule has 0 saturated carbocycles. The standard InChI is InChI=1S/C17H17F5O5/c1-14(2)26-10(11(23)27-14)16(13(24)25,9-7-5-4-6-8-9)17(21,22)15(3,20)12(18)19/h4-8,10,12H,1-3H3,(H,24,25)/t10-,15?,16-/m1/s1. The van der Waals surface area contributed by atoms with Crippen molar-refractivity contribution in [2.75, 3.05) is 0 Å². The molecule has 0 bridgehead atoms. The van der Waals surface area contributed by atoms with E-state index in [9.17, 15) is 27.9 Å². The number of carboxylic acid groups (broad SMARTS) is 1. The molecule has 0 spiro atoms. The SMILES string of the molecule is CC1(C)OC(=O)[C@H]([C@@](C(=O)O)(c2ccccc2)C(F)(F)C(C)(F)C(F)F)O1. The number of ether oxygens (including phenoxy) is 2. The molecule has 0 radical (unpaired) electrons. The van der Waals surface area contributed by atoms with Crippen LogP contribution < -0.4 is 0 Å². The average molecular weight is 396 g/mol. The molecule has 3 atom stereocenters. The largest absolute Gasteiger partial charge is 0.480 e. The summed E-state index contributed by atoms with van der Waals surface area (Å²) >= 11 is 0. The van der Waals surface area contributed by atoms with Crippen LogP contribution in [-0.2, 0) is 24.5 Å². The van der Waals surface area contributed by atoms with Gasteiger partial charge in [0.15, 0.2) is 11.5 Å². The van der Waals surface area contributed by atoms with Gasteiger partial charge in [0.2, 0.25) is 11.5 Å².